The predicted molar refractivity (Wildman–Crippen MR) is 69.7 cm³/mol. The van der Waals surface area contributed by atoms with Crippen molar-refractivity contribution in [3.63, 3.8) is 0 Å². The van der Waals surface area contributed by atoms with Crippen molar-refractivity contribution in [1.29, 1.82) is 0 Å². The third kappa shape index (κ3) is 1.74. The van der Waals surface area contributed by atoms with Crippen molar-refractivity contribution in [3.8, 4) is 0 Å². The van der Waals surface area contributed by atoms with E-state index in [1.807, 2.05) is 0 Å². The molecule has 0 aliphatic heterocycles. The van der Waals surface area contributed by atoms with Gasteiger partial charge < -0.3 is 10.7 Å². The molecule has 16 heavy (non-hydrogen) atoms. The van der Waals surface area contributed by atoms with Crippen LogP contribution in [0.1, 0.15) is 43.5 Å². The van der Waals surface area contributed by atoms with Gasteiger partial charge in [0.1, 0.15) is 0 Å². The minimum Gasteiger partial charge on any atom is -0.357 e. The number of benzene rings is 1. The molecule has 1 aromatic heterocycles. The van der Waals surface area contributed by atoms with Crippen LogP contribution in [0, 0.1) is 0 Å². The molecule has 0 fully saturated rings. The molecule has 2 rings (SSSR count). The van der Waals surface area contributed by atoms with Gasteiger partial charge in [-0.1, -0.05) is 26.8 Å². The second-order valence-electron chi connectivity index (χ2n) is 4.60. The summed E-state index contributed by atoms with van der Waals surface area (Å²) in [6, 6.07) is 6.67. The zero-order valence-electron chi connectivity index (χ0n) is 10.3. The maximum absolute atomic E-state index is 5.76. The van der Waals surface area contributed by atoms with Gasteiger partial charge in [0.05, 0.1) is 0 Å². The first-order valence-electron chi connectivity index (χ1n) is 6.00. The Morgan fingerprint density at radius 1 is 1.31 bits per heavy atom. The molecule has 0 bridgehead atoms. The number of aryl methyl sites for hydroxylation is 1. The average molecular weight is 216 g/mol. The molecule has 0 radical (unpaired) electrons. The largest absolute Gasteiger partial charge is 0.357 e. The van der Waals surface area contributed by atoms with Crippen molar-refractivity contribution in [2.24, 2.45) is 5.73 Å². The lowest BCUT2D eigenvalue weighted by Gasteiger charge is -2.05. The summed E-state index contributed by atoms with van der Waals surface area (Å²) >= 11 is 0. The normalized spacial score (nSPS) is 11.6. The maximum Gasteiger partial charge on any atom is 0.0459 e. The summed E-state index contributed by atoms with van der Waals surface area (Å²) in [4.78, 5) is 3.41. The number of fused-ring (bicyclic) bond motifs is 1. The highest BCUT2D eigenvalue weighted by molar-refractivity contribution is 5.85. The van der Waals surface area contributed by atoms with E-state index in [4.69, 9.17) is 5.73 Å². The van der Waals surface area contributed by atoms with Gasteiger partial charge in [-0.25, -0.2) is 0 Å². The van der Waals surface area contributed by atoms with E-state index in [-0.39, 0.29) is 0 Å². The van der Waals surface area contributed by atoms with E-state index >= 15 is 0 Å². The van der Waals surface area contributed by atoms with Crippen LogP contribution < -0.4 is 5.73 Å². The van der Waals surface area contributed by atoms with Crippen molar-refractivity contribution in [2.45, 2.75) is 39.7 Å². The van der Waals surface area contributed by atoms with E-state index in [0.717, 1.165) is 6.42 Å². The van der Waals surface area contributed by atoms with E-state index in [0.29, 0.717) is 12.5 Å². The molecule has 0 atom stereocenters. The first kappa shape index (κ1) is 11.2. The van der Waals surface area contributed by atoms with Gasteiger partial charge in [0.2, 0.25) is 0 Å². The summed E-state index contributed by atoms with van der Waals surface area (Å²) in [7, 11) is 0. The lowest BCUT2D eigenvalue weighted by atomic mass is 9.99. The summed E-state index contributed by atoms with van der Waals surface area (Å²) in [6.45, 7) is 7.23. The summed E-state index contributed by atoms with van der Waals surface area (Å²) in [6.07, 6.45) is 1.04. The summed E-state index contributed by atoms with van der Waals surface area (Å²) in [5.41, 5.74) is 10.9. The van der Waals surface area contributed by atoms with Crippen molar-refractivity contribution >= 4 is 10.9 Å². The number of hydrogen-bond donors (Lipinski definition) is 2. The van der Waals surface area contributed by atoms with Crippen LogP contribution in [0.4, 0.5) is 0 Å². The molecule has 0 amide bonds. The summed E-state index contributed by atoms with van der Waals surface area (Å²) in [5.74, 6) is 0.574. The molecule has 0 unspecified atom stereocenters. The molecule has 86 valence electrons. The van der Waals surface area contributed by atoms with Crippen LogP contribution in [0.5, 0.6) is 0 Å². The van der Waals surface area contributed by atoms with Gasteiger partial charge in [-0.3, -0.25) is 0 Å². The van der Waals surface area contributed by atoms with Crippen LogP contribution in [0.3, 0.4) is 0 Å². The first-order valence-corrected chi connectivity index (χ1v) is 6.00. The summed E-state index contributed by atoms with van der Waals surface area (Å²) in [5, 5.41) is 1.34. The lowest BCUT2D eigenvalue weighted by molar-refractivity contribution is 0.868. The Balaban J connectivity index is 2.65. The molecule has 0 saturated carbocycles. The van der Waals surface area contributed by atoms with Crippen molar-refractivity contribution < 1.29 is 0 Å². The van der Waals surface area contributed by atoms with Crippen LogP contribution in [-0.2, 0) is 13.0 Å². The van der Waals surface area contributed by atoms with E-state index in [1.54, 1.807) is 0 Å². The van der Waals surface area contributed by atoms with Gasteiger partial charge in [0.25, 0.3) is 0 Å². The Bertz CT molecular complexity index is 495. The third-order valence-electron chi connectivity index (χ3n) is 3.24. The number of rotatable bonds is 3. The maximum atomic E-state index is 5.76. The van der Waals surface area contributed by atoms with E-state index in [9.17, 15) is 0 Å². The van der Waals surface area contributed by atoms with Crippen LogP contribution in [0.25, 0.3) is 10.9 Å². The predicted octanol–water partition coefficient (Wildman–Crippen LogP) is 3.31. The molecule has 0 aliphatic carbocycles. The Morgan fingerprint density at radius 2 is 2.06 bits per heavy atom. The number of aromatic amines is 1. The van der Waals surface area contributed by atoms with Gasteiger partial charge in [-0.2, -0.15) is 0 Å². The fraction of sp³-hybridized carbons (Fsp3) is 0.429. The number of nitrogens with two attached hydrogens (primary N) is 1. The molecule has 3 N–H and O–H groups in total. The molecule has 0 saturated heterocycles. The zero-order chi connectivity index (χ0) is 11.7. The highest BCUT2D eigenvalue weighted by atomic mass is 14.8. The van der Waals surface area contributed by atoms with Gasteiger partial charge in [-0.05, 0) is 35.6 Å². The lowest BCUT2D eigenvalue weighted by Crippen LogP contribution is -1.99. The van der Waals surface area contributed by atoms with Crippen molar-refractivity contribution in [3.05, 3.63) is 35.0 Å². The van der Waals surface area contributed by atoms with E-state index < -0.39 is 0 Å². The highest BCUT2D eigenvalue weighted by Crippen LogP contribution is 2.26. The van der Waals surface area contributed by atoms with Gasteiger partial charge in [0, 0.05) is 23.1 Å². The SMILES string of the molecule is CCc1c(CN)[nH]c2ccc(C(C)C)cc12. The quantitative estimate of drug-likeness (QED) is 0.812. The topological polar surface area (TPSA) is 41.8 Å². The minimum absolute atomic E-state index is 0.574. The number of H-pyrrole nitrogens is 1. The molecule has 1 aromatic carbocycles. The van der Waals surface area contributed by atoms with Crippen molar-refractivity contribution in [1.82, 2.24) is 4.98 Å². The van der Waals surface area contributed by atoms with Crippen LogP contribution in [-0.4, -0.2) is 4.98 Å². The monoisotopic (exact) mass is 216 g/mol. The highest BCUT2D eigenvalue weighted by Gasteiger charge is 2.10. The smallest absolute Gasteiger partial charge is 0.0459 e. The standard InChI is InChI=1S/C14H20N2/c1-4-11-12-7-10(9(2)3)5-6-13(12)16-14(11)8-15/h5-7,9,16H,4,8,15H2,1-3H3. The Hall–Kier alpha value is -1.28. The van der Waals surface area contributed by atoms with E-state index in [1.165, 1.54) is 27.7 Å². The van der Waals surface area contributed by atoms with E-state index in [2.05, 4.69) is 44.0 Å². The Morgan fingerprint density at radius 3 is 2.62 bits per heavy atom. The minimum atomic E-state index is 0.574. The fourth-order valence-electron chi connectivity index (χ4n) is 2.26. The van der Waals surface area contributed by atoms with Gasteiger partial charge in [-0.15, -0.1) is 0 Å². The zero-order valence-corrected chi connectivity index (χ0v) is 10.3. The number of aromatic nitrogens is 1. The molecule has 0 spiro atoms. The number of hydrogen-bond acceptors (Lipinski definition) is 1. The van der Waals surface area contributed by atoms with Crippen molar-refractivity contribution in [2.75, 3.05) is 0 Å². The van der Waals surface area contributed by atoms with Crippen LogP contribution in [0.15, 0.2) is 18.2 Å². The molecule has 1 heterocycles. The Labute approximate surface area is 96.9 Å². The molecular formula is C14H20N2. The molecular weight excluding hydrogens is 196 g/mol. The second-order valence-corrected chi connectivity index (χ2v) is 4.60. The summed E-state index contributed by atoms with van der Waals surface area (Å²) < 4.78 is 0. The first-order chi connectivity index (χ1) is 7.67. The molecule has 2 nitrogen and oxygen atoms in total. The third-order valence-corrected chi connectivity index (χ3v) is 3.24. The number of nitrogens with one attached hydrogen (secondary N) is 1. The van der Waals surface area contributed by atoms with Gasteiger partial charge in [0.15, 0.2) is 0 Å². The molecule has 0 aliphatic rings. The molecule has 2 heteroatoms. The van der Waals surface area contributed by atoms with Crippen LogP contribution >= 0.6 is 0 Å². The van der Waals surface area contributed by atoms with Gasteiger partial charge >= 0.3 is 0 Å². The van der Waals surface area contributed by atoms with Crippen LogP contribution in [0.2, 0.25) is 0 Å². The fourth-order valence-corrected chi connectivity index (χ4v) is 2.26. The molecule has 2 aromatic rings. The Kier molecular flexibility index (Phi) is 3.01. The average Bonchev–Trinajstić information content (AvgIpc) is 2.65. The second kappa shape index (κ2) is 4.30.